The number of para-hydroxylation sites is 1. The number of thiocarbonyl (C=S) groups is 1. The molecule has 1 aliphatic rings. The second-order valence-corrected chi connectivity index (χ2v) is 6.61. The summed E-state index contributed by atoms with van der Waals surface area (Å²) in [6, 6.07) is 13.0. The molecular formula is C16H9ClFNOS2. The number of amides is 1. The van der Waals surface area contributed by atoms with Crippen LogP contribution in [0.2, 0.25) is 5.02 Å². The van der Waals surface area contributed by atoms with Gasteiger partial charge in [0.05, 0.1) is 15.6 Å². The van der Waals surface area contributed by atoms with Gasteiger partial charge in [-0.15, -0.1) is 0 Å². The molecular weight excluding hydrogens is 341 g/mol. The minimum Gasteiger partial charge on any atom is -0.268 e. The van der Waals surface area contributed by atoms with E-state index < -0.39 is 0 Å². The van der Waals surface area contributed by atoms with Gasteiger partial charge >= 0.3 is 0 Å². The monoisotopic (exact) mass is 349 g/mol. The molecule has 2 nitrogen and oxygen atoms in total. The Morgan fingerprint density at radius 1 is 1.18 bits per heavy atom. The molecule has 1 fully saturated rings. The first-order chi connectivity index (χ1) is 10.6. The van der Waals surface area contributed by atoms with Crippen molar-refractivity contribution in [3.63, 3.8) is 0 Å². The van der Waals surface area contributed by atoms with Crippen molar-refractivity contribution in [2.45, 2.75) is 0 Å². The zero-order valence-electron chi connectivity index (χ0n) is 11.1. The summed E-state index contributed by atoms with van der Waals surface area (Å²) < 4.78 is 13.6. The smallest absolute Gasteiger partial charge is 0.268 e. The van der Waals surface area contributed by atoms with Gasteiger partial charge in [-0.2, -0.15) is 0 Å². The van der Waals surface area contributed by atoms with Crippen molar-refractivity contribution in [1.29, 1.82) is 0 Å². The summed E-state index contributed by atoms with van der Waals surface area (Å²) in [6.45, 7) is 0. The van der Waals surface area contributed by atoms with E-state index in [1.165, 1.54) is 28.8 Å². The van der Waals surface area contributed by atoms with Crippen molar-refractivity contribution in [3.05, 3.63) is 69.8 Å². The number of halogens is 2. The van der Waals surface area contributed by atoms with Crippen LogP contribution in [0.15, 0.2) is 53.4 Å². The third-order valence-electron chi connectivity index (χ3n) is 3.03. The Kier molecular flexibility index (Phi) is 4.29. The maximum Gasteiger partial charge on any atom is 0.270 e. The van der Waals surface area contributed by atoms with Crippen LogP contribution in [-0.4, -0.2) is 10.2 Å². The molecule has 1 heterocycles. The molecule has 0 N–H and O–H groups in total. The number of hydrogen-bond donors (Lipinski definition) is 0. The lowest BCUT2D eigenvalue weighted by atomic mass is 10.2. The lowest BCUT2D eigenvalue weighted by Crippen LogP contribution is -2.27. The summed E-state index contributed by atoms with van der Waals surface area (Å²) in [5, 5.41) is 0.450. The van der Waals surface area contributed by atoms with Crippen molar-refractivity contribution in [3.8, 4) is 0 Å². The highest BCUT2D eigenvalue weighted by Gasteiger charge is 2.34. The highest BCUT2D eigenvalue weighted by molar-refractivity contribution is 8.27. The third-order valence-corrected chi connectivity index (χ3v) is 4.66. The Hall–Kier alpha value is -1.69. The fourth-order valence-corrected chi connectivity index (χ4v) is 3.56. The van der Waals surface area contributed by atoms with E-state index in [1.807, 2.05) is 0 Å². The van der Waals surface area contributed by atoms with Crippen LogP contribution in [0.25, 0.3) is 6.08 Å². The van der Waals surface area contributed by atoms with Crippen LogP contribution in [0.1, 0.15) is 5.56 Å². The van der Waals surface area contributed by atoms with Gasteiger partial charge in [0.1, 0.15) is 5.82 Å². The predicted molar refractivity (Wildman–Crippen MR) is 93.5 cm³/mol. The summed E-state index contributed by atoms with van der Waals surface area (Å²) >= 11 is 12.6. The van der Waals surface area contributed by atoms with Gasteiger partial charge in [0.15, 0.2) is 4.32 Å². The van der Waals surface area contributed by atoms with Crippen LogP contribution < -0.4 is 4.90 Å². The Bertz CT molecular complexity index is 806. The minimum absolute atomic E-state index is 0.257. The molecule has 1 amide bonds. The Balaban J connectivity index is 1.97. The number of thioether (sulfide) groups is 1. The van der Waals surface area contributed by atoms with Gasteiger partial charge in [0, 0.05) is 0 Å². The molecule has 0 radical (unpaired) electrons. The zero-order valence-corrected chi connectivity index (χ0v) is 13.5. The number of carbonyl (C=O) groups excluding carboxylic acids is 1. The molecule has 6 heteroatoms. The van der Waals surface area contributed by atoms with E-state index in [0.29, 0.717) is 25.5 Å². The topological polar surface area (TPSA) is 20.3 Å². The summed E-state index contributed by atoms with van der Waals surface area (Å²) in [5.74, 6) is -0.609. The maximum absolute atomic E-state index is 13.2. The second kappa shape index (κ2) is 6.20. The third kappa shape index (κ3) is 2.92. The average molecular weight is 350 g/mol. The van der Waals surface area contributed by atoms with Crippen molar-refractivity contribution in [2.75, 3.05) is 4.90 Å². The standard InChI is InChI=1S/C16H9ClFNOS2/c17-12-6-1-2-7-13(12)19-15(20)14(22-16(19)21)9-10-4-3-5-11(18)8-10/h1-9H/b14-9+. The first-order valence-corrected chi connectivity index (χ1v) is 7.94. The molecule has 0 unspecified atom stereocenters. The van der Waals surface area contributed by atoms with Gasteiger partial charge in [-0.25, -0.2) is 4.39 Å². The zero-order chi connectivity index (χ0) is 15.7. The number of benzene rings is 2. The maximum atomic E-state index is 13.2. The molecule has 3 rings (SSSR count). The number of carbonyl (C=O) groups is 1. The molecule has 22 heavy (non-hydrogen) atoms. The summed E-state index contributed by atoms with van der Waals surface area (Å²) in [6.07, 6.45) is 1.62. The molecule has 110 valence electrons. The number of hydrogen-bond acceptors (Lipinski definition) is 3. The van der Waals surface area contributed by atoms with Crippen LogP contribution in [0.5, 0.6) is 0 Å². The van der Waals surface area contributed by atoms with E-state index in [2.05, 4.69) is 0 Å². The molecule has 0 saturated carbocycles. The van der Waals surface area contributed by atoms with Crippen molar-refractivity contribution in [1.82, 2.24) is 0 Å². The Morgan fingerprint density at radius 2 is 1.95 bits per heavy atom. The highest BCUT2D eigenvalue weighted by atomic mass is 35.5. The molecule has 0 bridgehead atoms. The van der Waals surface area contributed by atoms with Gasteiger partial charge in [-0.1, -0.05) is 59.8 Å². The molecule has 0 spiro atoms. The second-order valence-electron chi connectivity index (χ2n) is 4.52. The normalized spacial score (nSPS) is 16.6. The van der Waals surface area contributed by atoms with E-state index in [0.717, 1.165) is 0 Å². The predicted octanol–water partition coefficient (Wildman–Crippen LogP) is 4.88. The van der Waals surface area contributed by atoms with Gasteiger partial charge in [-0.3, -0.25) is 9.69 Å². The van der Waals surface area contributed by atoms with Gasteiger partial charge in [0.25, 0.3) is 5.91 Å². The van der Waals surface area contributed by atoms with E-state index in [-0.39, 0.29) is 11.7 Å². The van der Waals surface area contributed by atoms with Crippen molar-refractivity contribution < 1.29 is 9.18 Å². The Morgan fingerprint density at radius 3 is 2.68 bits per heavy atom. The quantitative estimate of drug-likeness (QED) is 0.569. The van der Waals surface area contributed by atoms with E-state index in [9.17, 15) is 9.18 Å². The molecule has 0 aromatic heterocycles. The lowest BCUT2D eigenvalue weighted by molar-refractivity contribution is -0.113. The lowest BCUT2D eigenvalue weighted by Gasteiger charge is -2.15. The average Bonchev–Trinajstić information content (AvgIpc) is 2.74. The molecule has 2 aromatic carbocycles. The fraction of sp³-hybridized carbons (Fsp3) is 0. The largest absolute Gasteiger partial charge is 0.270 e. The number of rotatable bonds is 2. The van der Waals surface area contributed by atoms with Crippen LogP contribution in [0.3, 0.4) is 0 Å². The summed E-state index contributed by atoms with van der Waals surface area (Å²) in [4.78, 5) is 14.4. The number of nitrogens with zero attached hydrogens (tertiary/aromatic N) is 1. The minimum atomic E-state index is -0.352. The first-order valence-electron chi connectivity index (χ1n) is 6.34. The van der Waals surface area contributed by atoms with Gasteiger partial charge in [-0.05, 0) is 35.9 Å². The molecule has 2 aromatic rings. The van der Waals surface area contributed by atoms with Crippen LogP contribution in [-0.2, 0) is 4.79 Å². The van der Waals surface area contributed by atoms with E-state index in [1.54, 1.807) is 42.5 Å². The molecule has 0 aliphatic carbocycles. The SMILES string of the molecule is O=C1/C(=C\c2cccc(F)c2)SC(=S)N1c1ccccc1Cl. The van der Waals surface area contributed by atoms with Gasteiger partial charge in [0.2, 0.25) is 0 Å². The summed E-state index contributed by atoms with van der Waals surface area (Å²) in [7, 11) is 0. The van der Waals surface area contributed by atoms with Crippen LogP contribution in [0.4, 0.5) is 10.1 Å². The van der Waals surface area contributed by atoms with Crippen molar-refractivity contribution in [2.24, 2.45) is 0 Å². The summed E-state index contributed by atoms with van der Waals surface area (Å²) in [5.41, 5.74) is 1.16. The highest BCUT2D eigenvalue weighted by Crippen LogP contribution is 2.38. The van der Waals surface area contributed by atoms with Crippen LogP contribution in [0, 0.1) is 5.82 Å². The fourth-order valence-electron chi connectivity index (χ4n) is 2.06. The molecule has 1 saturated heterocycles. The first kappa shape index (κ1) is 15.2. The van der Waals surface area contributed by atoms with Crippen LogP contribution >= 0.6 is 35.6 Å². The number of anilines is 1. The molecule has 0 atom stereocenters. The van der Waals surface area contributed by atoms with Gasteiger partial charge < -0.3 is 0 Å². The van der Waals surface area contributed by atoms with E-state index >= 15 is 0 Å². The van der Waals surface area contributed by atoms with Crippen molar-refractivity contribution >= 4 is 57.6 Å². The molecule has 1 aliphatic heterocycles. The van der Waals surface area contributed by atoms with E-state index in [4.69, 9.17) is 23.8 Å². The Labute approximate surface area is 141 Å².